The van der Waals surface area contributed by atoms with Crippen LogP contribution in [0.3, 0.4) is 0 Å². The fraction of sp³-hybridized carbons (Fsp3) is 0.368. The summed E-state index contributed by atoms with van der Waals surface area (Å²) in [6.07, 6.45) is 2.31. The monoisotopic (exact) mass is 314 g/mol. The number of hydrogen-bond donors (Lipinski definition) is 0. The molecule has 1 aliphatic heterocycles. The molecule has 0 bridgehead atoms. The second kappa shape index (κ2) is 7.66. The van der Waals surface area contributed by atoms with E-state index in [0.717, 1.165) is 37.6 Å². The van der Waals surface area contributed by atoms with E-state index in [1.807, 2.05) is 12.1 Å². The van der Waals surface area contributed by atoms with Crippen LogP contribution in [0.2, 0.25) is 5.02 Å². The van der Waals surface area contributed by atoms with Crippen molar-refractivity contribution >= 4 is 17.3 Å². The Morgan fingerprint density at radius 1 is 0.864 bits per heavy atom. The van der Waals surface area contributed by atoms with Gasteiger partial charge in [-0.05, 0) is 49.2 Å². The second-order valence-corrected chi connectivity index (χ2v) is 6.33. The summed E-state index contributed by atoms with van der Waals surface area (Å²) in [7, 11) is 0. The molecule has 1 saturated heterocycles. The molecule has 0 aromatic heterocycles. The zero-order valence-electron chi connectivity index (χ0n) is 12.9. The lowest BCUT2D eigenvalue weighted by molar-refractivity contribution is 0.255. The van der Waals surface area contributed by atoms with Crippen LogP contribution in [-0.4, -0.2) is 37.6 Å². The highest BCUT2D eigenvalue weighted by atomic mass is 35.5. The van der Waals surface area contributed by atoms with Gasteiger partial charge in [-0.2, -0.15) is 0 Å². The molecule has 0 radical (unpaired) electrons. The number of aryl methyl sites for hydroxylation is 1. The molecule has 1 aliphatic rings. The molecular formula is C19H23ClN2. The third-order valence-corrected chi connectivity index (χ3v) is 4.56. The van der Waals surface area contributed by atoms with Gasteiger partial charge in [-0.15, -0.1) is 0 Å². The van der Waals surface area contributed by atoms with E-state index in [0.29, 0.717) is 0 Å². The molecule has 2 aromatic rings. The lowest BCUT2D eigenvalue weighted by atomic mass is 10.1. The van der Waals surface area contributed by atoms with Crippen molar-refractivity contribution in [3.63, 3.8) is 0 Å². The molecule has 1 fully saturated rings. The Kier molecular flexibility index (Phi) is 5.36. The standard InChI is InChI=1S/C19H23ClN2/c20-18-8-4-6-17(16-18)7-5-11-21-12-14-22(15-13-21)19-9-2-1-3-10-19/h1-4,6,8-10,16H,5,7,11-15H2. The van der Waals surface area contributed by atoms with Crippen molar-refractivity contribution in [1.29, 1.82) is 0 Å². The van der Waals surface area contributed by atoms with Crippen molar-refractivity contribution in [3.05, 3.63) is 65.2 Å². The molecule has 2 nitrogen and oxygen atoms in total. The largest absolute Gasteiger partial charge is 0.369 e. The number of rotatable bonds is 5. The molecule has 0 aliphatic carbocycles. The van der Waals surface area contributed by atoms with E-state index in [1.54, 1.807) is 0 Å². The van der Waals surface area contributed by atoms with Gasteiger partial charge in [-0.3, -0.25) is 4.90 Å². The molecule has 0 amide bonds. The van der Waals surface area contributed by atoms with E-state index >= 15 is 0 Å². The maximum absolute atomic E-state index is 6.03. The summed E-state index contributed by atoms with van der Waals surface area (Å²) < 4.78 is 0. The second-order valence-electron chi connectivity index (χ2n) is 5.90. The number of nitrogens with zero attached hydrogens (tertiary/aromatic N) is 2. The maximum atomic E-state index is 6.03. The molecule has 22 heavy (non-hydrogen) atoms. The summed E-state index contributed by atoms with van der Waals surface area (Å²) in [5, 5.41) is 0.842. The molecule has 0 saturated carbocycles. The summed E-state index contributed by atoms with van der Waals surface area (Å²) in [5.74, 6) is 0. The fourth-order valence-corrected chi connectivity index (χ4v) is 3.28. The molecule has 116 valence electrons. The number of benzene rings is 2. The van der Waals surface area contributed by atoms with E-state index in [1.165, 1.54) is 24.2 Å². The van der Waals surface area contributed by atoms with Crippen LogP contribution < -0.4 is 4.90 Å². The molecule has 0 atom stereocenters. The molecule has 3 heteroatoms. The zero-order valence-corrected chi connectivity index (χ0v) is 13.7. The van der Waals surface area contributed by atoms with Gasteiger partial charge >= 0.3 is 0 Å². The average Bonchev–Trinajstić information content (AvgIpc) is 2.56. The fourth-order valence-electron chi connectivity index (χ4n) is 3.07. The molecule has 0 unspecified atom stereocenters. The van der Waals surface area contributed by atoms with Gasteiger partial charge in [0.15, 0.2) is 0 Å². The first-order chi connectivity index (χ1) is 10.8. The third-order valence-electron chi connectivity index (χ3n) is 4.32. The number of anilines is 1. The summed E-state index contributed by atoms with van der Waals surface area (Å²) in [5.41, 5.74) is 2.69. The van der Waals surface area contributed by atoms with Crippen LogP contribution in [-0.2, 0) is 6.42 Å². The van der Waals surface area contributed by atoms with Gasteiger partial charge in [0.05, 0.1) is 0 Å². The van der Waals surface area contributed by atoms with Crippen LogP contribution >= 0.6 is 11.6 Å². The van der Waals surface area contributed by atoms with Gasteiger partial charge < -0.3 is 4.90 Å². The Morgan fingerprint density at radius 2 is 1.64 bits per heavy atom. The Bertz CT molecular complexity index is 577. The zero-order chi connectivity index (χ0) is 15.2. The van der Waals surface area contributed by atoms with Crippen molar-refractivity contribution in [1.82, 2.24) is 4.90 Å². The summed E-state index contributed by atoms with van der Waals surface area (Å²) in [6, 6.07) is 18.9. The van der Waals surface area contributed by atoms with Crippen molar-refractivity contribution in [2.75, 3.05) is 37.6 Å². The lowest BCUT2D eigenvalue weighted by Crippen LogP contribution is -2.46. The molecule has 2 aromatic carbocycles. The van der Waals surface area contributed by atoms with Crippen molar-refractivity contribution in [3.8, 4) is 0 Å². The topological polar surface area (TPSA) is 6.48 Å². The predicted octanol–water partition coefficient (Wildman–Crippen LogP) is 4.09. The first-order valence-corrected chi connectivity index (χ1v) is 8.46. The van der Waals surface area contributed by atoms with Crippen LogP contribution in [0, 0.1) is 0 Å². The first-order valence-electron chi connectivity index (χ1n) is 8.08. The molecule has 3 rings (SSSR count). The van der Waals surface area contributed by atoms with E-state index in [2.05, 4.69) is 52.3 Å². The quantitative estimate of drug-likeness (QED) is 0.820. The minimum Gasteiger partial charge on any atom is -0.369 e. The van der Waals surface area contributed by atoms with Gasteiger partial charge in [-0.1, -0.05) is 41.9 Å². The third kappa shape index (κ3) is 4.25. The van der Waals surface area contributed by atoms with Crippen LogP contribution in [0.4, 0.5) is 5.69 Å². The number of piperazine rings is 1. The Balaban J connectivity index is 1.41. The van der Waals surface area contributed by atoms with Crippen molar-refractivity contribution in [2.45, 2.75) is 12.8 Å². The smallest absolute Gasteiger partial charge is 0.0408 e. The summed E-state index contributed by atoms with van der Waals surface area (Å²) in [4.78, 5) is 5.05. The first kappa shape index (κ1) is 15.4. The van der Waals surface area contributed by atoms with E-state index in [9.17, 15) is 0 Å². The van der Waals surface area contributed by atoms with Gasteiger partial charge in [0.25, 0.3) is 0 Å². The van der Waals surface area contributed by atoms with Crippen LogP contribution in [0.25, 0.3) is 0 Å². The van der Waals surface area contributed by atoms with Gasteiger partial charge in [0.1, 0.15) is 0 Å². The highest BCUT2D eigenvalue weighted by molar-refractivity contribution is 6.30. The number of hydrogen-bond acceptors (Lipinski definition) is 2. The van der Waals surface area contributed by atoms with E-state index in [4.69, 9.17) is 11.6 Å². The SMILES string of the molecule is Clc1cccc(CCCN2CCN(c3ccccc3)CC2)c1. The van der Waals surface area contributed by atoms with Crippen molar-refractivity contribution in [2.24, 2.45) is 0 Å². The summed E-state index contributed by atoms with van der Waals surface area (Å²) >= 11 is 6.03. The van der Waals surface area contributed by atoms with Crippen molar-refractivity contribution < 1.29 is 0 Å². The highest BCUT2D eigenvalue weighted by Gasteiger charge is 2.16. The van der Waals surface area contributed by atoms with Crippen LogP contribution in [0.1, 0.15) is 12.0 Å². The van der Waals surface area contributed by atoms with Gasteiger partial charge in [-0.25, -0.2) is 0 Å². The average molecular weight is 315 g/mol. The van der Waals surface area contributed by atoms with E-state index < -0.39 is 0 Å². The Morgan fingerprint density at radius 3 is 2.36 bits per heavy atom. The molecule has 1 heterocycles. The van der Waals surface area contributed by atoms with E-state index in [-0.39, 0.29) is 0 Å². The normalized spacial score (nSPS) is 16.0. The minimum absolute atomic E-state index is 0.842. The lowest BCUT2D eigenvalue weighted by Gasteiger charge is -2.36. The van der Waals surface area contributed by atoms with Gasteiger partial charge in [0.2, 0.25) is 0 Å². The maximum Gasteiger partial charge on any atom is 0.0408 e. The van der Waals surface area contributed by atoms with Crippen LogP contribution in [0.5, 0.6) is 0 Å². The predicted molar refractivity (Wildman–Crippen MR) is 94.9 cm³/mol. The Labute approximate surface area is 138 Å². The minimum atomic E-state index is 0.842. The van der Waals surface area contributed by atoms with Gasteiger partial charge in [0, 0.05) is 36.9 Å². The molecule has 0 spiro atoms. The Hall–Kier alpha value is -1.51. The van der Waals surface area contributed by atoms with Crippen LogP contribution in [0.15, 0.2) is 54.6 Å². The number of halogens is 1. The summed E-state index contributed by atoms with van der Waals surface area (Å²) in [6.45, 7) is 5.74. The highest BCUT2D eigenvalue weighted by Crippen LogP contribution is 2.16. The number of para-hydroxylation sites is 1. The molecule has 0 N–H and O–H groups in total. The molecular weight excluding hydrogens is 292 g/mol.